The predicted octanol–water partition coefficient (Wildman–Crippen LogP) is 1.52. The van der Waals surface area contributed by atoms with E-state index in [9.17, 15) is 19.7 Å². The van der Waals surface area contributed by atoms with Crippen molar-refractivity contribution in [2.24, 2.45) is 0 Å². The van der Waals surface area contributed by atoms with E-state index in [0.717, 1.165) is 6.07 Å². The van der Waals surface area contributed by atoms with Crippen molar-refractivity contribution in [2.75, 3.05) is 6.61 Å². The molecule has 0 fully saturated rings. The summed E-state index contributed by atoms with van der Waals surface area (Å²) in [5, 5.41) is 19.9. The SMILES string of the molecule is CCOC(=O)C#Cc1cc(C(=O)O)c(C)c([N+](=O)[O-])c1. The molecule has 1 rings (SSSR count). The Morgan fingerprint density at radius 1 is 1.45 bits per heavy atom. The van der Waals surface area contributed by atoms with Gasteiger partial charge in [-0.3, -0.25) is 10.1 Å². The minimum Gasteiger partial charge on any atom is -0.478 e. The van der Waals surface area contributed by atoms with Gasteiger partial charge in [-0.1, -0.05) is 5.92 Å². The fourth-order valence-electron chi connectivity index (χ4n) is 1.47. The maximum Gasteiger partial charge on any atom is 0.384 e. The second-order valence-corrected chi connectivity index (χ2v) is 3.70. The van der Waals surface area contributed by atoms with E-state index >= 15 is 0 Å². The van der Waals surface area contributed by atoms with Crippen LogP contribution in [0.5, 0.6) is 0 Å². The summed E-state index contributed by atoms with van der Waals surface area (Å²) in [5.41, 5.74) is -0.498. The van der Waals surface area contributed by atoms with Gasteiger partial charge < -0.3 is 9.84 Å². The monoisotopic (exact) mass is 277 g/mol. The quantitative estimate of drug-likeness (QED) is 0.388. The van der Waals surface area contributed by atoms with Crippen molar-refractivity contribution in [1.82, 2.24) is 0 Å². The molecule has 0 aliphatic carbocycles. The van der Waals surface area contributed by atoms with Crippen LogP contribution < -0.4 is 0 Å². The molecule has 7 heteroatoms. The highest BCUT2D eigenvalue weighted by Gasteiger charge is 2.19. The minimum absolute atomic E-state index is 0.0317. The van der Waals surface area contributed by atoms with Crippen molar-refractivity contribution in [3.63, 3.8) is 0 Å². The summed E-state index contributed by atoms with van der Waals surface area (Å²) >= 11 is 0. The van der Waals surface area contributed by atoms with Crippen molar-refractivity contribution in [3.8, 4) is 11.8 Å². The molecular formula is C13H11NO6. The first-order valence-electron chi connectivity index (χ1n) is 5.58. The molecule has 7 nitrogen and oxygen atoms in total. The summed E-state index contributed by atoms with van der Waals surface area (Å²) in [6.07, 6.45) is 0. The number of carbonyl (C=O) groups is 2. The number of carbonyl (C=O) groups excluding carboxylic acids is 1. The zero-order valence-corrected chi connectivity index (χ0v) is 10.8. The Morgan fingerprint density at radius 3 is 2.60 bits per heavy atom. The highest BCUT2D eigenvalue weighted by molar-refractivity contribution is 5.92. The Hall–Kier alpha value is -2.88. The second-order valence-electron chi connectivity index (χ2n) is 3.70. The Bertz CT molecular complexity index is 603. The molecule has 0 heterocycles. The maximum atomic E-state index is 11.1. The van der Waals surface area contributed by atoms with Gasteiger partial charge in [0.1, 0.15) is 0 Å². The third-order valence-corrected chi connectivity index (χ3v) is 2.39. The molecule has 1 aromatic carbocycles. The minimum atomic E-state index is -1.30. The molecule has 20 heavy (non-hydrogen) atoms. The molecule has 0 saturated heterocycles. The van der Waals surface area contributed by atoms with Gasteiger partial charge in [0, 0.05) is 23.1 Å². The fraction of sp³-hybridized carbons (Fsp3) is 0.231. The number of nitro groups is 1. The van der Waals surface area contributed by atoms with E-state index in [1.165, 1.54) is 13.0 Å². The van der Waals surface area contributed by atoms with Crippen LogP contribution >= 0.6 is 0 Å². The zero-order valence-electron chi connectivity index (χ0n) is 10.8. The van der Waals surface area contributed by atoms with Gasteiger partial charge in [0.15, 0.2) is 0 Å². The topological polar surface area (TPSA) is 107 Å². The van der Waals surface area contributed by atoms with E-state index in [0.29, 0.717) is 0 Å². The summed E-state index contributed by atoms with van der Waals surface area (Å²) in [6.45, 7) is 3.10. The highest BCUT2D eigenvalue weighted by Crippen LogP contribution is 2.23. The Kier molecular flexibility index (Phi) is 4.81. The van der Waals surface area contributed by atoms with Crippen LogP contribution in [-0.2, 0) is 9.53 Å². The van der Waals surface area contributed by atoms with Crippen LogP contribution in [0, 0.1) is 28.9 Å². The number of hydrogen-bond acceptors (Lipinski definition) is 5. The van der Waals surface area contributed by atoms with Crippen molar-refractivity contribution >= 4 is 17.6 Å². The number of ether oxygens (including phenoxy) is 1. The molecule has 0 unspecified atom stereocenters. The fourth-order valence-corrected chi connectivity index (χ4v) is 1.47. The van der Waals surface area contributed by atoms with Crippen LogP contribution in [0.1, 0.15) is 28.4 Å². The van der Waals surface area contributed by atoms with E-state index in [2.05, 4.69) is 16.6 Å². The van der Waals surface area contributed by atoms with Crippen molar-refractivity contribution in [3.05, 3.63) is 38.9 Å². The van der Waals surface area contributed by atoms with Gasteiger partial charge in [-0.15, -0.1) is 0 Å². The predicted molar refractivity (Wildman–Crippen MR) is 68.3 cm³/mol. The third kappa shape index (κ3) is 3.55. The standard InChI is InChI=1S/C13H11NO6/c1-3-20-12(15)5-4-9-6-10(13(16)17)8(2)11(7-9)14(18)19/h6-7H,3H2,1-2H3,(H,16,17). The lowest BCUT2D eigenvalue weighted by atomic mass is 10.0. The van der Waals surface area contributed by atoms with Crippen LogP contribution in [0.15, 0.2) is 12.1 Å². The summed E-state index contributed by atoms with van der Waals surface area (Å²) in [5.74, 6) is 2.39. The van der Waals surface area contributed by atoms with Gasteiger partial charge in [-0.05, 0) is 19.9 Å². The lowest BCUT2D eigenvalue weighted by Crippen LogP contribution is -2.04. The number of aromatic carboxylic acids is 1. The van der Waals surface area contributed by atoms with Crippen LogP contribution in [-0.4, -0.2) is 28.6 Å². The van der Waals surface area contributed by atoms with Gasteiger partial charge in [-0.2, -0.15) is 0 Å². The Labute approximate surface area is 114 Å². The van der Waals surface area contributed by atoms with Gasteiger partial charge in [0.25, 0.3) is 5.69 Å². The average Bonchev–Trinajstić information content (AvgIpc) is 2.37. The van der Waals surface area contributed by atoms with E-state index in [1.54, 1.807) is 6.92 Å². The van der Waals surface area contributed by atoms with Crippen molar-refractivity contribution in [1.29, 1.82) is 0 Å². The molecule has 104 valence electrons. The van der Waals surface area contributed by atoms with Gasteiger partial charge in [0.05, 0.1) is 17.1 Å². The molecule has 0 bridgehead atoms. The van der Waals surface area contributed by atoms with Crippen LogP contribution in [0.2, 0.25) is 0 Å². The molecule has 0 atom stereocenters. The summed E-state index contributed by atoms with van der Waals surface area (Å²) < 4.78 is 4.58. The zero-order chi connectivity index (χ0) is 15.3. The first-order chi connectivity index (χ1) is 9.36. The molecule has 0 aliphatic rings. The van der Waals surface area contributed by atoms with Gasteiger partial charge in [-0.25, -0.2) is 9.59 Å². The summed E-state index contributed by atoms with van der Waals surface area (Å²) in [4.78, 5) is 32.3. The lowest BCUT2D eigenvalue weighted by Gasteiger charge is -2.03. The molecule has 0 aliphatic heterocycles. The van der Waals surface area contributed by atoms with E-state index in [1.807, 2.05) is 0 Å². The number of carboxylic acids is 1. The number of esters is 1. The molecule has 1 aromatic rings. The Morgan fingerprint density at radius 2 is 2.10 bits per heavy atom. The van der Waals surface area contributed by atoms with E-state index in [4.69, 9.17) is 5.11 Å². The molecule has 0 amide bonds. The largest absolute Gasteiger partial charge is 0.478 e. The maximum absolute atomic E-state index is 11.1. The molecule has 0 radical (unpaired) electrons. The molecular weight excluding hydrogens is 266 g/mol. The van der Waals surface area contributed by atoms with Gasteiger partial charge in [0.2, 0.25) is 0 Å². The first kappa shape index (κ1) is 15.2. The summed E-state index contributed by atoms with van der Waals surface area (Å²) in [6, 6.07) is 2.30. The first-order valence-corrected chi connectivity index (χ1v) is 5.58. The molecule has 1 N–H and O–H groups in total. The van der Waals surface area contributed by atoms with Crippen molar-refractivity contribution < 1.29 is 24.4 Å². The number of nitrogens with zero attached hydrogens (tertiary/aromatic N) is 1. The second kappa shape index (κ2) is 6.33. The van der Waals surface area contributed by atoms with Crippen LogP contribution in [0.3, 0.4) is 0 Å². The Balaban J connectivity index is 3.31. The number of hydrogen-bond donors (Lipinski definition) is 1. The number of carboxylic acid groups (broad SMARTS) is 1. The number of benzene rings is 1. The molecule has 0 saturated carbocycles. The van der Waals surface area contributed by atoms with Crippen LogP contribution in [0.4, 0.5) is 5.69 Å². The van der Waals surface area contributed by atoms with Crippen LogP contribution in [0.25, 0.3) is 0 Å². The number of nitro benzene ring substituents is 1. The van der Waals surface area contributed by atoms with E-state index in [-0.39, 0.29) is 29.0 Å². The normalized spacial score (nSPS) is 9.30. The third-order valence-electron chi connectivity index (χ3n) is 2.39. The number of rotatable bonds is 3. The average molecular weight is 277 g/mol. The summed E-state index contributed by atoms with van der Waals surface area (Å²) in [7, 11) is 0. The molecule has 0 spiro atoms. The lowest BCUT2D eigenvalue weighted by molar-refractivity contribution is -0.385. The van der Waals surface area contributed by atoms with Gasteiger partial charge >= 0.3 is 11.9 Å². The smallest absolute Gasteiger partial charge is 0.384 e. The van der Waals surface area contributed by atoms with E-state index < -0.39 is 16.9 Å². The van der Waals surface area contributed by atoms with Crippen molar-refractivity contribution in [2.45, 2.75) is 13.8 Å². The highest BCUT2D eigenvalue weighted by atomic mass is 16.6. The molecule has 0 aromatic heterocycles.